The predicted octanol–water partition coefficient (Wildman–Crippen LogP) is 5.38. The minimum absolute atomic E-state index is 0.105. The molecule has 0 radical (unpaired) electrons. The van der Waals surface area contributed by atoms with Crippen LogP contribution in [-0.4, -0.2) is 17.4 Å². The van der Waals surface area contributed by atoms with Gasteiger partial charge >= 0.3 is 6.16 Å². The van der Waals surface area contributed by atoms with E-state index in [4.69, 9.17) is 9.84 Å². The van der Waals surface area contributed by atoms with Gasteiger partial charge in [-0.15, -0.1) is 0 Å². The Labute approximate surface area is 112 Å². The van der Waals surface area contributed by atoms with E-state index in [1.807, 2.05) is 6.92 Å². The van der Waals surface area contributed by atoms with Crippen LogP contribution in [0.15, 0.2) is 0 Å². The largest absolute Gasteiger partial charge is 0.506 e. The summed E-state index contributed by atoms with van der Waals surface area (Å²) in [6.45, 7) is 4.21. The molecule has 0 rings (SSSR count). The summed E-state index contributed by atoms with van der Waals surface area (Å²) in [7, 11) is 0. The number of unbranched alkanes of at least 4 members (excludes halogenated alkanes) is 8. The van der Waals surface area contributed by atoms with Crippen LogP contribution in [0.4, 0.5) is 4.79 Å². The first-order valence-corrected chi connectivity index (χ1v) is 7.60. The van der Waals surface area contributed by atoms with Crippen molar-refractivity contribution in [1.29, 1.82) is 0 Å². The van der Waals surface area contributed by atoms with Crippen molar-refractivity contribution in [2.75, 3.05) is 0 Å². The molecule has 0 aromatic heterocycles. The first kappa shape index (κ1) is 17.3. The van der Waals surface area contributed by atoms with E-state index < -0.39 is 6.16 Å². The van der Waals surface area contributed by atoms with E-state index in [9.17, 15) is 4.79 Å². The molecule has 1 N–H and O–H groups in total. The van der Waals surface area contributed by atoms with Gasteiger partial charge in [0.2, 0.25) is 0 Å². The minimum atomic E-state index is -1.14. The second kappa shape index (κ2) is 12.7. The summed E-state index contributed by atoms with van der Waals surface area (Å²) in [5, 5.41) is 8.54. The Morgan fingerprint density at radius 1 is 0.944 bits per heavy atom. The van der Waals surface area contributed by atoms with Crippen molar-refractivity contribution in [2.24, 2.45) is 0 Å². The van der Waals surface area contributed by atoms with Gasteiger partial charge in [0.15, 0.2) is 0 Å². The molecule has 0 heterocycles. The third-order valence-electron chi connectivity index (χ3n) is 3.35. The average molecular weight is 258 g/mol. The molecule has 108 valence electrons. The molecule has 18 heavy (non-hydrogen) atoms. The summed E-state index contributed by atoms with van der Waals surface area (Å²) >= 11 is 0. The molecule has 0 aliphatic carbocycles. The van der Waals surface area contributed by atoms with Crippen molar-refractivity contribution >= 4 is 6.16 Å². The zero-order valence-corrected chi connectivity index (χ0v) is 12.1. The Balaban J connectivity index is 3.25. The molecule has 0 spiro atoms. The molecular weight excluding hydrogens is 228 g/mol. The SMILES string of the molecule is CCCCCCCCCCCC(CC)OC(=O)O. The molecular formula is C15H30O3. The number of carbonyl (C=O) groups is 1. The van der Waals surface area contributed by atoms with Gasteiger partial charge in [0.1, 0.15) is 6.10 Å². The lowest BCUT2D eigenvalue weighted by molar-refractivity contribution is 0.0454. The fourth-order valence-corrected chi connectivity index (χ4v) is 2.17. The lowest BCUT2D eigenvalue weighted by atomic mass is 10.0. The summed E-state index contributed by atoms with van der Waals surface area (Å²) in [6.07, 6.45) is 12.1. The van der Waals surface area contributed by atoms with E-state index in [1.54, 1.807) is 0 Å². The lowest BCUT2D eigenvalue weighted by Crippen LogP contribution is -2.15. The van der Waals surface area contributed by atoms with Gasteiger partial charge in [-0.1, -0.05) is 65.2 Å². The molecule has 0 fully saturated rings. The summed E-state index contributed by atoms with van der Waals surface area (Å²) < 4.78 is 4.79. The van der Waals surface area contributed by atoms with Crippen molar-refractivity contribution in [1.82, 2.24) is 0 Å². The van der Waals surface area contributed by atoms with Crippen molar-refractivity contribution in [3.63, 3.8) is 0 Å². The molecule has 1 atom stereocenters. The average Bonchev–Trinajstić information content (AvgIpc) is 2.35. The lowest BCUT2D eigenvalue weighted by Gasteiger charge is -2.13. The highest BCUT2D eigenvalue weighted by atomic mass is 16.7. The van der Waals surface area contributed by atoms with Gasteiger partial charge in [-0.2, -0.15) is 0 Å². The molecule has 1 unspecified atom stereocenters. The van der Waals surface area contributed by atoms with Crippen LogP contribution in [0.2, 0.25) is 0 Å². The maximum Gasteiger partial charge on any atom is 0.506 e. The Morgan fingerprint density at radius 3 is 1.89 bits per heavy atom. The molecule has 0 aromatic rings. The molecule has 0 aliphatic rings. The third kappa shape index (κ3) is 11.7. The number of hydrogen-bond acceptors (Lipinski definition) is 2. The van der Waals surface area contributed by atoms with Crippen molar-refractivity contribution < 1.29 is 14.6 Å². The highest BCUT2D eigenvalue weighted by Crippen LogP contribution is 2.13. The molecule has 3 nitrogen and oxygen atoms in total. The van der Waals surface area contributed by atoms with Crippen LogP contribution in [0.1, 0.15) is 84.5 Å². The van der Waals surface area contributed by atoms with Crippen LogP contribution in [0, 0.1) is 0 Å². The summed E-state index contributed by atoms with van der Waals surface area (Å²) in [5.41, 5.74) is 0. The van der Waals surface area contributed by atoms with Crippen molar-refractivity contribution in [2.45, 2.75) is 90.6 Å². The molecule has 0 saturated heterocycles. The third-order valence-corrected chi connectivity index (χ3v) is 3.35. The Hall–Kier alpha value is -0.730. The number of carboxylic acid groups (broad SMARTS) is 1. The van der Waals surface area contributed by atoms with E-state index >= 15 is 0 Å². The molecule has 0 aromatic carbocycles. The van der Waals surface area contributed by atoms with E-state index in [1.165, 1.54) is 51.4 Å². The van der Waals surface area contributed by atoms with Crippen LogP contribution >= 0.6 is 0 Å². The zero-order valence-electron chi connectivity index (χ0n) is 12.1. The Kier molecular flexibility index (Phi) is 12.2. The smallest absolute Gasteiger partial charge is 0.450 e. The van der Waals surface area contributed by atoms with Gasteiger partial charge in [-0.05, 0) is 19.3 Å². The second-order valence-electron chi connectivity index (χ2n) is 5.03. The van der Waals surface area contributed by atoms with E-state index in [0.29, 0.717) is 0 Å². The van der Waals surface area contributed by atoms with E-state index in [0.717, 1.165) is 19.3 Å². The van der Waals surface area contributed by atoms with E-state index in [-0.39, 0.29) is 6.10 Å². The fourth-order valence-electron chi connectivity index (χ4n) is 2.17. The van der Waals surface area contributed by atoms with Crippen LogP contribution in [-0.2, 0) is 4.74 Å². The first-order chi connectivity index (χ1) is 8.70. The normalized spacial score (nSPS) is 12.3. The van der Waals surface area contributed by atoms with E-state index in [2.05, 4.69) is 6.92 Å². The standard InChI is InChI=1S/C15H30O3/c1-3-5-6-7-8-9-10-11-12-13-14(4-2)18-15(16)17/h14H,3-13H2,1-2H3,(H,16,17). The quantitative estimate of drug-likeness (QED) is 0.377. The van der Waals surface area contributed by atoms with Crippen LogP contribution in [0.3, 0.4) is 0 Å². The van der Waals surface area contributed by atoms with Gasteiger partial charge in [-0.3, -0.25) is 0 Å². The van der Waals surface area contributed by atoms with Crippen molar-refractivity contribution in [3.05, 3.63) is 0 Å². The zero-order chi connectivity index (χ0) is 13.6. The highest BCUT2D eigenvalue weighted by Gasteiger charge is 2.10. The van der Waals surface area contributed by atoms with Crippen LogP contribution in [0.25, 0.3) is 0 Å². The molecule has 0 aliphatic heterocycles. The van der Waals surface area contributed by atoms with Crippen LogP contribution in [0.5, 0.6) is 0 Å². The Bertz CT molecular complexity index is 192. The molecule has 0 bridgehead atoms. The van der Waals surface area contributed by atoms with Gasteiger partial charge in [-0.25, -0.2) is 4.79 Å². The first-order valence-electron chi connectivity index (χ1n) is 7.60. The highest BCUT2D eigenvalue weighted by molar-refractivity contribution is 5.57. The van der Waals surface area contributed by atoms with Gasteiger partial charge < -0.3 is 9.84 Å². The fraction of sp³-hybridized carbons (Fsp3) is 0.933. The van der Waals surface area contributed by atoms with Crippen molar-refractivity contribution in [3.8, 4) is 0 Å². The maximum absolute atomic E-state index is 10.4. The van der Waals surface area contributed by atoms with Crippen LogP contribution < -0.4 is 0 Å². The maximum atomic E-state index is 10.4. The molecule has 0 saturated carbocycles. The van der Waals surface area contributed by atoms with Gasteiger partial charge in [0.05, 0.1) is 0 Å². The Morgan fingerprint density at radius 2 is 1.44 bits per heavy atom. The topological polar surface area (TPSA) is 46.5 Å². The predicted molar refractivity (Wildman–Crippen MR) is 75.0 cm³/mol. The number of hydrogen-bond donors (Lipinski definition) is 1. The molecule has 3 heteroatoms. The summed E-state index contributed by atoms with van der Waals surface area (Å²) in [5.74, 6) is 0. The second-order valence-corrected chi connectivity index (χ2v) is 5.03. The van der Waals surface area contributed by atoms with Gasteiger partial charge in [0, 0.05) is 0 Å². The minimum Gasteiger partial charge on any atom is -0.450 e. The van der Waals surface area contributed by atoms with Gasteiger partial charge in [0.25, 0.3) is 0 Å². The monoisotopic (exact) mass is 258 g/mol. The summed E-state index contributed by atoms with van der Waals surface area (Å²) in [4.78, 5) is 10.4. The number of rotatable bonds is 12. The number of ether oxygens (including phenoxy) is 1. The summed E-state index contributed by atoms with van der Waals surface area (Å²) in [6, 6.07) is 0. The molecule has 0 amide bonds.